The van der Waals surface area contributed by atoms with Gasteiger partial charge < -0.3 is 0 Å². The van der Waals surface area contributed by atoms with Crippen molar-refractivity contribution in [1.82, 2.24) is 0 Å². The van der Waals surface area contributed by atoms with Crippen molar-refractivity contribution in [1.29, 1.82) is 0 Å². The molecule has 3 rings (SSSR count). The first-order chi connectivity index (χ1) is 12.1. The van der Waals surface area contributed by atoms with E-state index in [0.29, 0.717) is 5.92 Å². The second-order valence-electron chi connectivity index (χ2n) is 7.64. The van der Waals surface area contributed by atoms with Crippen molar-refractivity contribution in [3.05, 3.63) is 35.1 Å². The zero-order chi connectivity index (χ0) is 18.8. The number of benzene rings is 1. The second-order valence-corrected chi connectivity index (χ2v) is 7.64. The summed E-state index contributed by atoms with van der Waals surface area (Å²) in [4.78, 5) is 0. The van der Waals surface area contributed by atoms with Gasteiger partial charge >= 0.3 is 0 Å². The van der Waals surface area contributed by atoms with Gasteiger partial charge in [0.15, 0.2) is 0 Å². The van der Waals surface area contributed by atoms with Gasteiger partial charge in [-0.3, -0.25) is 0 Å². The van der Waals surface area contributed by atoms with Crippen LogP contribution in [0.25, 0.3) is 0 Å². The highest BCUT2D eigenvalue weighted by Crippen LogP contribution is 2.43. The van der Waals surface area contributed by atoms with Gasteiger partial charge in [0.05, 0.1) is 0 Å². The Hall–Kier alpha value is -0.850. The lowest BCUT2D eigenvalue weighted by Crippen LogP contribution is -2.24. The predicted octanol–water partition coefficient (Wildman–Crippen LogP) is 8.53. The number of rotatable bonds is 2. The molecule has 2 saturated carbocycles. The molecular formula is C24H43F. The minimum atomic E-state index is -0.0316. The summed E-state index contributed by atoms with van der Waals surface area (Å²) in [5.41, 5.74) is 2.00. The third-order valence-electron chi connectivity index (χ3n) is 6.17. The average Bonchev–Trinajstić information content (AvgIpc) is 2.68. The summed E-state index contributed by atoms with van der Waals surface area (Å²) in [6.45, 7) is 12.2. The second kappa shape index (κ2) is 11.7. The first-order valence-corrected chi connectivity index (χ1v) is 10.9. The largest absolute Gasteiger partial charge is 0.207 e. The fourth-order valence-corrected chi connectivity index (χ4v) is 4.54. The highest BCUT2D eigenvalue weighted by atomic mass is 19.1. The van der Waals surface area contributed by atoms with Crippen LogP contribution >= 0.6 is 0 Å². The van der Waals surface area contributed by atoms with Gasteiger partial charge in [0.2, 0.25) is 0 Å². The molecule has 0 aromatic heterocycles. The van der Waals surface area contributed by atoms with Gasteiger partial charge in [-0.25, -0.2) is 4.39 Å². The summed E-state index contributed by atoms with van der Waals surface area (Å²) < 4.78 is 13.7. The van der Waals surface area contributed by atoms with Crippen LogP contribution < -0.4 is 0 Å². The fraction of sp³-hybridized carbons (Fsp3) is 0.750. The Bertz CT molecular complexity index is 469. The number of hydrogen-bond donors (Lipinski definition) is 0. The van der Waals surface area contributed by atoms with Crippen LogP contribution in [0.1, 0.15) is 104 Å². The molecule has 0 atom stereocenters. The molecule has 2 aliphatic rings. The van der Waals surface area contributed by atoms with E-state index >= 15 is 0 Å². The molecule has 2 fully saturated rings. The molecular weight excluding hydrogens is 307 g/mol. The third-order valence-corrected chi connectivity index (χ3v) is 6.17. The monoisotopic (exact) mass is 350 g/mol. The molecule has 25 heavy (non-hydrogen) atoms. The number of hydrogen-bond acceptors (Lipinski definition) is 0. The Labute approximate surface area is 158 Å². The van der Waals surface area contributed by atoms with Gasteiger partial charge in [-0.05, 0) is 86.3 Å². The minimum absolute atomic E-state index is 0. The Morgan fingerprint density at radius 2 is 1.28 bits per heavy atom. The van der Waals surface area contributed by atoms with Gasteiger partial charge in [0, 0.05) is 1.43 Å². The molecule has 0 unspecified atom stereocenters. The molecule has 1 heteroatoms. The van der Waals surface area contributed by atoms with E-state index < -0.39 is 0 Å². The summed E-state index contributed by atoms with van der Waals surface area (Å²) in [6.07, 6.45) is 11.0. The minimum Gasteiger partial charge on any atom is -0.207 e. The molecule has 0 amide bonds. The highest BCUT2D eigenvalue weighted by molar-refractivity contribution is 5.26. The third kappa shape index (κ3) is 6.42. The molecule has 0 radical (unpaired) electrons. The standard InChI is InChI=1S/C20H29F.2C2H6.H2/c1-14-3-6-16(7-4-14)17-9-11-18(12-10-17)19-8-5-15(2)20(21)13-19;2*1-2;/h5,8,13-14,16-18H,3-4,6-7,9-12H2,1-2H3;2*1-2H3;1H. The van der Waals surface area contributed by atoms with Crippen molar-refractivity contribution in [3.63, 3.8) is 0 Å². The number of aryl methyl sites for hydroxylation is 1. The van der Waals surface area contributed by atoms with Gasteiger partial charge in [-0.15, -0.1) is 0 Å². The Balaban J connectivity index is 0.00000117. The summed E-state index contributed by atoms with van der Waals surface area (Å²) in [6, 6.07) is 5.87. The van der Waals surface area contributed by atoms with E-state index in [1.807, 2.05) is 40.7 Å². The zero-order valence-electron chi connectivity index (χ0n) is 17.6. The Kier molecular flexibility index (Phi) is 10.4. The molecule has 0 heterocycles. The van der Waals surface area contributed by atoms with Gasteiger partial charge in [-0.2, -0.15) is 0 Å². The van der Waals surface area contributed by atoms with E-state index in [1.165, 1.54) is 56.9 Å². The SMILES string of the molecule is CC.CC.Cc1ccc(C2CCC(C3CCC(C)CC3)CC2)cc1F.[HH]. The van der Waals surface area contributed by atoms with Crippen LogP contribution in [0.2, 0.25) is 0 Å². The van der Waals surface area contributed by atoms with Crippen molar-refractivity contribution in [2.45, 2.75) is 98.8 Å². The molecule has 0 bridgehead atoms. The maximum Gasteiger partial charge on any atom is 0.126 e. The molecule has 0 saturated heterocycles. The van der Waals surface area contributed by atoms with Crippen LogP contribution in [-0.2, 0) is 0 Å². The van der Waals surface area contributed by atoms with Gasteiger partial charge in [0.1, 0.15) is 5.82 Å². The summed E-state index contributed by atoms with van der Waals surface area (Å²) in [5.74, 6) is 3.45. The molecule has 0 aliphatic heterocycles. The summed E-state index contributed by atoms with van der Waals surface area (Å²) >= 11 is 0. The van der Waals surface area contributed by atoms with Crippen molar-refractivity contribution < 1.29 is 5.82 Å². The van der Waals surface area contributed by atoms with Gasteiger partial charge in [0.25, 0.3) is 0 Å². The Morgan fingerprint density at radius 3 is 1.76 bits per heavy atom. The van der Waals surface area contributed by atoms with Crippen LogP contribution in [-0.4, -0.2) is 0 Å². The van der Waals surface area contributed by atoms with Crippen molar-refractivity contribution in [2.75, 3.05) is 0 Å². The van der Waals surface area contributed by atoms with E-state index in [-0.39, 0.29) is 7.24 Å². The van der Waals surface area contributed by atoms with Crippen LogP contribution in [0, 0.1) is 30.5 Å². The molecule has 0 N–H and O–H groups in total. The molecule has 1 aromatic carbocycles. The van der Waals surface area contributed by atoms with Gasteiger partial charge in [-0.1, -0.05) is 59.6 Å². The predicted molar refractivity (Wildman–Crippen MR) is 112 cm³/mol. The highest BCUT2D eigenvalue weighted by Gasteiger charge is 2.30. The smallest absolute Gasteiger partial charge is 0.126 e. The van der Waals surface area contributed by atoms with Crippen LogP contribution in [0.4, 0.5) is 4.39 Å². The van der Waals surface area contributed by atoms with E-state index in [1.54, 1.807) is 6.07 Å². The van der Waals surface area contributed by atoms with Crippen molar-refractivity contribution in [3.8, 4) is 0 Å². The first-order valence-electron chi connectivity index (χ1n) is 10.9. The molecule has 1 aromatic rings. The molecule has 0 nitrogen and oxygen atoms in total. The van der Waals surface area contributed by atoms with E-state index in [0.717, 1.165) is 23.3 Å². The zero-order valence-corrected chi connectivity index (χ0v) is 17.6. The first kappa shape index (κ1) is 22.2. The summed E-state index contributed by atoms with van der Waals surface area (Å²) in [7, 11) is 0. The van der Waals surface area contributed by atoms with Crippen LogP contribution in [0.15, 0.2) is 18.2 Å². The lowest BCUT2D eigenvalue weighted by atomic mass is 9.68. The topological polar surface area (TPSA) is 0 Å². The van der Waals surface area contributed by atoms with Crippen molar-refractivity contribution >= 4 is 0 Å². The lowest BCUT2D eigenvalue weighted by Gasteiger charge is -2.37. The number of halogens is 1. The maximum atomic E-state index is 13.7. The Morgan fingerprint density at radius 1 is 0.800 bits per heavy atom. The van der Waals surface area contributed by atoms with E-state index in [2.05, 4.69) is 13.0 Å². The normalized spacial score (nSPS) is 28.9. The maximum absolute atomic E-state index is 13.7. The average molecular weight is 351 g/mol. The van der Waals surface area contributed by atoms with Crippen LogP contribution in [0.5, 0.6) is 0 Å². The van der Waals surface area contributed by atoms with Crippen molar-refractivity contribution in [2.24, 2.45) is 17.8 Å². The van der Waals surface area contributed by atoms with E-state index in [9.17, 15) is 4.39 Å². The fourth-order valence-electron chi connectivity index (χ4n) is 4.54. The quantitative estimate of drug-likeness (QED) is 0.501. The molecule has 146 valence electrons. The molecule has 0 spiro atoms. The summed E-state index contributed by atoms with van der Waals surface area (Å²) in [5, 5.41) is 0. The van der Waals surface area contributed by atoms with Crippen LogP contribution in [0.3, 0.4) is 0 Å². The molecule has 2 aliphatic carbocycles. The lowest BCUT2D eigenvalue weighted by molar-refractivity contribution is 0.165. The van der Waals surface area contributed by atoms with E-state index in [4.69, 9.17) is 0 Å².